The quantitative estimate of drug-likeness (QED) is 0.344. The third kappa shape index (κ3) is 5.84. The zero-order valence-electron chi connectivity index (χ0n) is 22.4. The van der Waals surface area contributed by atoms with Gasteiger partial charge in [0.25, 0.3) is 0 Å². The molecule has 5 heteroatoms. The van der Waals surface area contributed by atoms with E-state index in [1.165, 1.54) is 22.3 Å². The minimum absolute atomic E-state index is 0.0252. The number of aryl methyl sites for hydroxylation is 2. The average molecular weight is 487 g/mol. The SMILES string of the molecule is Cc1cc(C)cc(N(CCC(=O)Nc2c(C(C)C)cccc2C(C)C)Cc2cccc3c2OCO3)c1. The lowest BCUT2D eigenvalue weighted by Crippen LogP contribution is -2.28. The molecule has 1 amide bonds. The lowest BCUT2D eigenvalue weighted by Gasteiger charge is -2.27. The van der Waals surface area contributed by atoms with Crippen LogP contribution in [0.4, 0.5) is 11.4 Å². The topological polar surface area (TPSA) is 50.8 Å². The predicted molar refractivity (Wildman–Crippen MR) is 147 cm³/mol. The number of amides is 1. The molecule has 5 nitrogen and oxygen atoms in total. The molecule has 36 heavy (non-hydrogen) atoms. The van der Waals surface area contributed by atoms with E-state index in [-0.39, 0.29) is 12.7 Å². The van der Waals surface area contributed by atoms with Crippen molar-refractivity contribution < 1.29 is 14.3 Å². The highest BCUT2D eigenvalue weighted by Gasteiger charge is 2.21. The third-order valence-corrected chi connectivity index (χ3v) is 6.66. The summed E-state index contributed by atoms with van der Waals surface area (Å²) < 4.78 is 11.3. The van der Waals surface area contributed by atoms with Crippen LogP contribution in [0.2, 0.25) is 0 Å². The number of hydrogen-bond donors (Lipinski definition) is 1. The standard InChI is InChI=1S/C31H38N2O3/c1-20(2)26-10-8-11-27(21(3)4)30(26)32-29(34)13-14-33(25-16-22(5)15-23(6)17-25)18-24-9-7-12-28-31(24)36-19-35-28/h7-12,15-17,20-21H,13-14,18-19H2,1-6H3,(H,32,34). The van der Waals surface area contributed by atoms with Crippen LogP contribution in [0.1, 0.15) is 73.8 Å². The number of carbonyl (C=O) groups excluding carboxylic acids is 1. The first kappa shape index (κ1) is 25.6. The Kier molecular flexibility index (Phi) is 7.88. The fourth-order valence-electron chi connectivity index (χ4n) is 4.89. The van der Waals surface area contributed by atoms with Crippen molar-refractivity contribution in [2.45, 2.75) is 66.3 Å². The molecule has 3 aromatic carbocycles. The lowest BCUT2D eigenvalue weighted by atomic mass is 9.92. The van der Waals surface area contributed by atoms with Crippen LogP contribution in [0.15, 0.2) is 54.6 Å². The Bertz CT molecular complexity index is 1190. The Labute approximate surface area is 215 Å². The van der Waals surface area contributed by atoms with E-state index in [2.05, 4.69) is 94.2 Å². The zero-order chi connectivity index (χ0) is 25.8. The molecule has 0 bridgehead atoms. The van der Waals surface area contributed by atoms with Crippen LogP contribution in [0.5, 0.6) is 11.5 Å². The maximum atomic E-state index is 13.3. The van der Waals surface area contributed by atoms with E-state index in [1.54, 1.807) is 0 Å². The van der Waals surface area contributed by atoms with Crippen molar-refractivity contribution in [2.75, 3.05) is 23.6 Å². The zero-order valence-corrected chi connectivity index (χ0v) is 22.4. The normalized spacial score (nSPS) is 12.3. The van der Waals surface area contributed by atoms with Crippen molar-refractivity contribution in [3.05, 3.63) is 82.4 Å². The van der Waals surface area contributed by atoms with Gasteiger partial charge in [-0.25, -0.2) is 0 Å². The molecule has 3 aromatic rings. The Hall–Kier alpha value is -3.47. The molecular weight excluding hydrogens is 448 g/mol. The monoisotopic (exact) mass is 486 g/mol. The summed E-state index contributed by atoms with van der Waals surface area (Å²) >= 11 is 0. The second kappa shape index (κ2) is 11.1. The van der Waals surface area contributed by atoms with Crippen LogP contribution in [-0.4, -0.2) is 19.2 Å². The van der Waals surface area contributed by atoms with Crippen LogP contribution in [0.3, 0.4) is 0 Å². The van der Waals surface area contributed by atoms with E-state index >= 15 is 0 Å². The minimum atomic E-state index is 0.0252. The van der Waals surface area contributed by atoms with E-state index in [0.717, 1.165) is 28.4 Å². The molecule has 1 heterocycles. The predicted octanol–water partition coefficient (Wildman–Crippen LogP) is 7.31. The molecule has 0 aliphatic carbocycles. The van der Waals surface area contributed by atoms with Gasteiger partial charge in [0.05, 0.1) is 0 Å². The highest BCUT2D eigenvalue weighted by atomic mass is 16.7. The van der Waals surface area contributed by atoms with E-state index < -0.39 is 0 Å². The van der Waals surface area contributed by atoms with Crippen LogP contribution >= 0.6 is 0 Å². The summed E-state index contributed by atoms with van der Waals surface area (Å²) in [5.74, 6) is 2.25. The second-order valence-electron chi connectivity index (χ2n) is 10.3. The summed E-state index contributed by atoms with van der Waals surface area (Å²) in [6.07, 6.45) is 0.378. The first-order valence-corrected chi connectivity index (χ1v) is 12.9. The number of benzene rings is 3. The van der Waals surface area contributed by atoms with Crippen LogP contribution in [0, 0.1) is 13.8 Å². The van der Waals surface area contributed by atoms with Gasteiger partial charge in [-0.1, -0.05) is 64.1 Å². The summed E-state index contributed by atoms with van der Waals surface area (Å²) in [7, 11) is 0. The van der Waals surface area contributed by atoms with Gasteiger partial charge in [0, 0.05) is 36.4 Å². The van der Waals surface area contributed by atoms with Crippen molar-refractivity contribution in [2.24, 2.45) is 0 Å². The Morgan fingerprint density at radius 2 is 1.56 bits per heavy atom. The Morgan fingerprint density at radius 3 is 2.19 bits per heavy atom. The van der Waals surface area contributed by atoms with Crippen molar-refractivity contribution in [3.8, 4) is 11.5 Å². The number of rotatable bonds is 9. The first-order chi connectivity index (χ1) is 17.2. The highest BCUT2D eigenvalue weighted by molar-refractivity contribution is 5.93. The van der Waals surface area contributed by atoms with Crippen molar-refractivity contribution in [1.29, 1.82) is 0 Å². The molecule has 0 radical (unpaired) electrons. The van der Waals surface area contributed by atoms with Crippen LogP contribution < -0.4 is 19.7 Å². The summed E-state index contributed by atoms with van der Waals surface area (Å²) in [4.78, 5) is 15.5. The summed E-state index contributed by atoms with van der Waals surface area (Å²) in [6, 6.07) is 18.8. The number of hydrogen-bond acceptors (Lipinski definition) is 4. The van der Waals surface area contributed by atoms with Crippen LogP contribution in [-0.2, 0) is 11.3 Å². The van der Waals surface area contributed by atoms with Gasteiger partial charge in [-0.3, -0.25) is 4.79 Å². The molecule has 1 aliphatic rings. The van der Waals surface area contributed by atoms with Crippen molar-refractivity contribution >= 4 is 17.3 Å². The number of nitrogens with one attached hydrogen (secondary N) is 1. The second-order valence-corrected chi connectivity index (χ2v) is 10.3. The molecule has 0 spiro atoms. The summed E-state index contributed by atoms with van der Waals surface area (Å²) in [6.45, 7) is 14.3. The van der Waals surface area contributed by atoms with Gasteiger partial charge < -0.3 is 19.7 Å². The third-order valence-electron chi connectivity index (χ3n) is 6.66. The number of para-hydroxylation sites is 2. The highest BCUT2D eigenvalue weighted by Crippen LogP contribution is 2.37. The van der Waals surface area contributed by atoms with E-state index in [9.17, 15) is 4.79 Å². The molecular formula is C31H38N2O3. The maximum Gasteiger partial charge on any atom is 0.231 e. The first-order valence-electron chi connectivity index (χ1n) is 12.9. The number of ether oxygens (including phenoxy) is 2. The molecule has 1 aliphatic heterocycles. The summed E-state index contributed by atoms with van der Waals surface area (Å²) in [5, 5.41) is 3.27. The number of fused-ring (bicyclic) bond motifs is 1. The molecule has 190 valence electrons. The van der Waals surface area contributed by atoms with Gasteiger partial charge >= 0.3 is 0 Å². The fraction of sp³-hybridized carbons (Fsp3) is 0.387. The van der Waals surface area contributed by atoms with Gasteiger partial charge in [-0.15, -0.1) is 0 Å². The van der Waals surface area contributed by atoms with Crippen molar-refractivity contribution in [1.82, 2.24) is 0 Å². The van der Waals surface area contributed by atoms with Gasteiger partial charge in [0.2, 0.25) is 12.7 Å². The molecule has 0 saturated carbocycles. The van der Waals surface area contributed by atoms with Crippen molar-refractivity contribution in [3.63, 3.8) is 0 Å². The van der Waals surface area contributed by atoms with Gasteiger partial charge in [-0.05, 0) is 66.1 Å². The van der Waals surface area contributed by atoms with Gasteiger partial charge in [0.1, 0.15) is 0 Å². The molecule has 0 fully saturated rings. The Balaban J connectivity index is 1.57. The number of nitrogens with zero attached hydrogens (tertiary/aromatic N) is 1. The van der Waals surface area contributed by atoms with Gasteiger partial charge in [0.15, 0.2) is 11.5 Å². The smallest absolute Gasteiger partial charge is 0.231 e. The Morgan fingerprint density at radius 1 is 0.917 bits per heavy atom. The molecule has 0 unspecified atom stereocenters. The molecule has 0 atom stereocenters. The number of anilines is 2. The minimum Gasteiger partial charge on any atom is -0.454 e. The van der Waals surface area contributed by atoms with Crippen LogP contribution in [0.25, 0.3) is 0 Å². The van der Waals surface area contributed by atoms with E-state index in [1.807, 2.05) is 12.1 Å². The lowest BCUT2D eigenvalue weighted by molar-refractivity contribution is -0.116. The van der Waals surface area contributed by atoms with E-state index in [0.29, 0.717) is 31.3 Å². The maximum absolute atomic E-state index is 13.3. The average Bonchev–Trinajstić information content (AvgIpc) is 3.30. The molecule has 1 N–H and O–H groups in total. The number of carbonyl (C=O) groups is 1. The molecule has 4 rings (SSSR count). The van der Waals surface area contributed by atoms with Gasteiger partial charge in [-0.2, -0.15) is 0 Å². The fourth-order valence-corrected chi connectivity index (χ4v) is 4.89. The van der Waals surface area contributed by atoms with E-state index in [4.69, 9.17) is 9.47 Å². The largest absolute Gasteiger partial charge is 0.454 e. The molecule has 0 aromatic heterocycles. The summed E-state index contributed by atoms with van der Waals surface area (Å²) in [5.41, 5.74) is 7.88. The molecule has 0 saturated heterocycles.